The lowest BCUT2D eigenvalue weighted by molar-refractivity contribution is 1.25. The van der Waals surface area contributed by atoms with Crippen LogP contribution < -0.4 is 0 Å². The number of halogens is 2. The predicted octanol–water partition coefficient (Wildman–Crippen LogP) is 10.9. The summed E-state index contributed by atoms with van der Waals surface area (Å²) in [4.78, 5) is 0. The van der Waals surface area contributed by atoms with E-state index in [1.54, 1.807) is 0 Å². The number of hydrogen-bond donors (Lipinski definition) is 0. The van der Waals surface area contributed by atoms with Crippen LogP contribution in [0.4, 0.5) is 0 Å². The van der Waals surface area contributed by atoms with Gasteiger partial charge in [-0.3, -0.25) is 0 Å². The summed E-state index contributed by atoms with van der Waals surface area (Å²) in [5.74, 6) is 0. The van der Waals surface area contributed by atoms with Crippen molar-refractivity contribution in [2.75, 3.05) is 0 Å². The van der Waals surface area contributed by atoms with Gasteiger partial charge in [-0.2, -0.15) is 0 Å². The monoisotopic (exact) mass is 746 g/mol. The van der Waals surface area contributed by atoms with Gasteiger partial charge in [0.25, 0.3) is 0 Å². The van der Waals surface area contributed by atoms with Gasteiger partial charge in [0.05, 0.1) is 0 Å². The topological polar surface area (TPSA) is 0 Å². The Kier molecular flexibility index (Phi) is 5.44. The molecule has 0 heterocycles. The molecule has 6 aromatic carbocycles. The van der Waals surface area contributed by atoms with E-state index in [1.807, 2.05) is 0 Å². The molecule has 0 aromatic heterocycles. The van der Waals surface area contributed by atoms with Gasteiger partial charge in [-0.15, -0.1) is 0 Å². The highest BCUT2D eigenvalue weighted by molar-refractivity contribution is 14.1. The third-order valence-corrected chi connectivity index (χ3v) is 10.6. The van der Waals surface area contributed by atoms with Crippen LogP contribution in [0.2, 0.25) is 0 Å². The van der Waals surface area contributed by atoms with Crippen LogP contribution in [0.1, 0.15) is 33.4 Å². The molecular weight excluding hydrogens is 722 g/mol. The van der Waals surface area contributed by atoms with Gasteiger partial charge in [0.1, 0.15) is 0 Å². The van der Waals surface area contributed by atoms with E-state index < -0.39 is 0 Å². The fraction of sp³-hybridized carbons (Fsp3) is 0.0769. The van der Waals surface area contributed by atoms with Crippen molar-refractivity contribution in [3.05, 3.63) is 150 Å². The Morgan fingerprint density at radius 2 is 0.537 bits per heavy atom. The van der Waals surface area contributed by atoms with E-state index in [4.69, 9.17) is 0 Å². The van der Waals surface area contributed by atoms with Gasteiger partial charge >= 0.3 is 0 Å². The van der Waals surface area contributed by atoms with E-state index in [1.165, 1.54) is 96.2 Å². The average Bonchev–Trinajstić information content (AvgIpc) is 3.65. The van der Waals surface area contributed by atoms with Crippen molar-refractivity contribution in [2.24, 2.45) is 0 Å². The molecule has 9 rings (SSSR count). The summed E-state index contributed by atoms with van der Waals surface area (Å²) in [6, 6.07) is 41.9. The lowest BCUT2D eigenvalue weighted by Crippen LogP contribution is -1.87. The zero-order valence-electron chi connectivity index (χ0n) is 22.3. The highest BCUT2D eigenvalue weighted by Crippen LogP contribution is 2.44. The first-order chi connectivity index (χ1) is 20.1. The molecule has 194 valence electrons. The zero-order valence-corrected chi connectivity index (χ0v) is 26.6. The van der Waals surface area contributed by atoms with E-state index in [0.29, 0.717) is 0 Å². The van der Waals surface area contributed by atoms with Crippen LogP contribution in [0.5, 0.6) is 0 Å². The average molecular weight is 746 g/mol. The third kappa shape index (κ3) is 3.90. The van der Waals surface area contributed by atoms with Crippen molar-refractivity contribution in [3.63, 3.8) is 0 Å². The molecule has 0 bridgehead atoms. The van der Waals surface area contributed by atoms with Crippen molar-refractivity contribution in [3.8, 4) is 55.6 Å². The molecule has 3 aliphatic rings. The van der Waals surface area contributed by atoms with Gasteiger partial charge in [0.15, 0.2) is 0 Å². The van der Waals surface area contributed by atoms with Gasteiger partial charge in [-0.1, -0.05) is 84.9 Å². The van der Waals surface area contributed by atoms with Crippen molar-refractivity contribution < 1.29 is 0 Å². The highest BCUT2D eigenvalue weighted by atomic mass is 127. The number of hydrogen-bond acceptors (Lipinski definition) is 0. The Balaban J connectivity index is 1.01. The number of fused-ring (bicyclic) bond motifs is 9. The number of rotatable bonds is 2. The first-order valence-electron chi connectivity index (χ1n) is 14.2. The highest BCUT2D eigenvalue weighted by Gasteiger charge is 2.23. The van der Waals surface area contributed by atoms with Gasteiger partial charge in [0, 0.05) is 7.14 Å². The Morgan fingerprint density at radius 1 is 0.293 bits per heavy atom. The summed E-state index contributed by atoms with van der Waals surface area (Å²) in [6.45, 7) is 0. The second-order valence-corrected chi connectivity index (χ2v) is 14.1. The van der Waals surface area contributed by atoms with E-state index in [0.717, 1.165) is 19.3 Å². The van der Waals surface area contributed by atoms with Crippen molar-refractivity contribution >= 4 is 45.2 Å². The molecule has 0 unspecified atom stereocenters. The lowest BCUT2D eigenvalue weighted by Gasteiger charge is -2.09. The standard InChI is InChI=1S/C39H24I2/c40-32-5-11-38-30(20-32)18-28-15-24(3-9-36(28)38)22-1-7-34-26(13-22)17-27-14-23(2-8-35(27)34)25-4-10-37-29(16-25)19-31-21-33(41)6-12-39(31)37/h1-16,20-21H,17-19H2. The fourth-order valence-corrected chi connectivity index (χ4v) is 8.40. The molecule has 0 spiro atoms. The number of benzene rings is 6. The Labute approximate surface area is 267 Å². The zero-order chi connectivity index (χ0) is 27.2. The lowest BCUT2D eigenvalue weighted by atomic mass is 9.95. The molecule has 0 nitrogen and oxygen atoms in total. The quantitative estimate of drug-likeness (QED) is 0.155. The predicted molar refractivity (Wildman–Crippen MR) is 187 cm³/mol. The van der Waals surface area contributed by atoms with Crippen LogP contribution >= 0.6 is 45.2 Å². The minimum atomic E-state index is 0.996. The van der Waals surface area contributed by atoms with E-state index in [9.17, 15) is 0 Å². The minimum absolute atomic E-state index is 0.996. The summed E-state index contributed by atoms with van der Waals surface area (Å²) < 4.78 is 2.62. The van der Waals surface area contributed by atoms with Gasteiger partial charge in [-0.25, -0.2) is 0 Å². The smallest absolute Gasteiger partial charge is 0.0133 e. The van der Waals surface area contributed by atoms with Gasteiger partial charge in [0.2, 0.25) is 0 Å². The maximum Gasteiger partial charge on any atom is 0.0133 e. The molecule has 0 atom stereocenters. The van der Waals surface area contributed by atoms with Crippen LogP contribution in [-0.4, -0.2) is 0 Å². The molecular formula is C39H24I2. The van der Waals surface area contributed by atoms with Crippen LogP contribution in [0, 0.1) is 7.14 Å². The Bertz CT molecular complexity index is 1950. The summed E-state index contributed by atoms with van der Waals surface area (Å²) in [5.41, 5.74) is 22.3. The second-order valence-electron chi connectivity index (χ2n) is 11.6. The first-order valence-corrected chi connectivity index (χ1v) is 16.3. The third-order valence-electron chi connectivity index (χ3n) is 9.24. The maximum absolute atomic E-state index is 2.43. The Hall–Kier alpha value is -3.22. The van der Waals surface area contributed by atoms with Crippen molar-refractivity contribution in [1.29, 1.82) is 0 Å². The second kappa shape index (κ2) is 9.14. The van der Waals surface area contributed by atoms with Gasteiger partial charge in [-0.05, 0) is 178 Å². The van der Waals surface area contributed by atoms with Crippen LogP contribution in [0.15, 0.2) is 109 Å². The molecule has 0 amide bonds. The fourth-order valence-electron chi connectivity index (χ4n) is 7.29. The Morgan fingerprint density at radius 3 is 0.829 bits per heavy atom. The first kappa shape index (κ1) is 24.4. The molecule has 3 aliphatic carbocycles. The molecule has 0 fully saturated rings. The van der Waals surface area contributed by atoms with Crippen molar-refractivity contribution in [1.82, 2.24) is 0 Å². The maximum atomic E-state index is 2.43. The van der Waals surface area contributed by atoms with Crippen LogP contribution in [-0.2, 0) is 19.3 Å². The van der Waals surface area contributed by atoms with Crippen LogP contribution in [0.25, 0.3) is 55.6 Å². The molecule has 0 saturated heterocycles. The van der Waals surface area contributed by atoms with E-state index >= 15 is 0 Å². The molecule has 41 heavy (non-hydrogen) atoms. The van der Waals surface area contributed by atoms with Crippen molar-refractivity contribution in [2.45, 2.75) is 19.3 Å². The SMILES string of the molecule is Ic1ccc2c(c1)Cc1cc(-c3ccc4c(c3)Cc3cc(-c5ccc6c(c5)Cc5cc(I)ccc5-6)ccc3-4)ccc1-2. The molecule has 6 aromatic rings. The van der Waals surface area contributed by atoms with E-state index in [-0.39, 0.29) is 0 Å². The molecule has 2 heteroatoms. The summed E-state index contributed by atoms with van der Waals surface area (Å²) >= 11 is 4.84. The van der Waals surface area contributed by atoms with Crippen LogP contribution in [0.3, 0.4) is 0 Å². The molecule has 0 aliphatic heterocycles. The molecule has 0 radical (unpaired) electrons. The summed E-state index contributed by atoms with van der Waals surface area (Å²) in [5, 5.41) is 0. The normalized spacial score (nSPS) is 13.3. The van der Waals surface area contributed by atoms with Gasteiger partial charge < -0.3 is 0 Å². The summed E-state index contributed by atoms with van der Waals surface area (Å²) in [6.07, 6.45) is 3.06. The minimum Gasteiger partial charge on any atom is -0.0537 e. The van der Waals surface area contributed by atoms with E-state index in [2.05, 4.69) is 154 Å². The summed E-state index contributed by atoms with van der Waals surface area (Å²) in [7, 11) is 0. The molecule has 0 saturated carbocycles. The molecule has 0 N–H and O–H groups in total. The largest absolute Gasteiger partial charge is 0.0537 e.